The Kier molecular flexibility index (Phi) is 5.75. The molecular formula is C16H15ClN2O2S. The number of hydrogen-bond acceptors (Lipinski definition) is 3. The van der Waals surface area contributed by atoms with E-state index < -0.39 is 0 Å². The fourth-order valence-corrected chi connectivity index (χ4v) is 2.08. The number of halogens is 1. The molecule has 2 rings (SSSR count). The number of nitrogens with one attached hydrogen (secondary N) is 2. The van der Waals surface area contributed by atoms with E-state index in [0.717, 1.165) is 11.3 Å². The van der Waals surface area contributed by atoms with Crippen molar-refractivity contribution >= 4 is 40.5 Å². The van der Waals surface area contributed by atoms with Crippen LogP contribution in [0, 0.1) is 6.92 Å². The number of aryl methyl sites for hydroxylation is 1. The first-order chi connectivity index (χ1) is 10.5. The summed E-state index contributed by atoms with van der Waals surface area (Å²) in [5.41, 5.74) is 1.71. The Morgan fingerprint density at radius 2 is 1.86 bits per heavy atom. The number of hydrogen-bond donors (Lipinski definition) is 2. The topological polar surface area (TPSA) is 50.4 Å². The molecule has 0 unspecified atom stereocenters. The molecular weight excluding hydrogens is 320 g/mol. The van der Waals surface area contributed by atoms with Crippen molar-refractivity contribution in [2.75, 3.05) is 11.9 Å². The molecule has 0 atom stereocenters. The molecule has 6 heteroatoms. The predicted molar refractivity (Wildman–Crippen MR) is 92.5 cm³/mol. The highest BCUT2D eigenvalue weighted by atomic mass is 35.5. The second-order valence-corrected chi connectivity index (χ2v) is 5.41. The summed E-state index contributed by atoms with van der Waals surface area (Å²) >= 11 is 10.9. The number of carbonyl (C=O) groups is 1. The van der Waals surface area contributed by atoms with Crippen molar-refractivity contribution < 1.29 is 9.53 Å². The van der Waals surface area contributed by atoms with Crippen LogP contribution in [0.3, 0.4) is 0 Å². The van der Waals surface area contributed by atoms with Gasteiger partial charge >= 0.3 is 0 Å². The van der Waals surface area contributed by atoms with Crippen LogP contribution in [-0.4, -0.2) is 17.6 Å². The molecule has 0 bridgehead atoms. The molecule has 0 radical (unpaired) electrons. The number of anilines is 1. The van der Waals surface area contributed by atoms with Crippen LogP contribution in [0.2, 0.25) is 5.02 Å². The third kappa shape index (κ3) is 5.02. The van der Waals surface area contributed by atoms with Crippen LogP contribution in [0.4, 0.5) is 5.69 Å². The van der Waals surface area contributed by atoms with Gasteiger partial charge in [-0.15, -0.1) is 0 Å². The van der Waals surface area contributed by atoms with Crippen molar-refractivity contribution in [3.63, 3.8) is 0 Å². The van der Waals surface area contributed by atoms with Gasteiger partial charge in [0.05, 0.1) is 0 Å². The molecule has 2 N–H and O–H groups in total. The van der Waals surface area contributed by atoms with Gasteiger partial charge in [-0.3, -0.25) is 10.1 Å². The summed E-state index contributed by atoms with van der Waals surface area (Å²) in [4.78, 5) is 11.8. The summed E-state index contributed by atoms with van der Waals surface area (Å²) in [6.07, 6.45) is 0. The molecule has 0 heterocycles. The molecule has 2 aromatic carbocycles. The van der Waals surface area contributed by atoms with Gasteiger partial charge in [-0.05, 0) is 55.0 Å². The third-order valence-electron chi connectivity index (χ3n) is 2.81. The van der Waals surface area contributed by atoms with Crippen molar-refractivity contribution in [3.05, 3.63) is 59.1 Å². The van der Waals surface area contributed by atoms with E-state index in [1.54, 1.807) is 24.3 Å². The molecule has 0 aliphatic rings. The summed E-state index contributed by atoms with van der Waals surface area (Å²) < 4.78 is 5.45. The Labute approximate surface area is 139 Å². The Morgan fingerprint density at radius 1 is 1.18 bits per heavy atom. The van der Waals surface area contributed by atoms with Gasteiger partial charge in [0.2, 0.25) is 0 Å². The molecule has 0 aliphatic heterocycles. The van der Waals surface area contributed by atoms with Gasteiger partial charge in [-0.25, -0.2) is 0 Å². The first kappa shape index (κ1) is 16.3. The zero-order chi connectivity index (χ0) is 15.9. The fraction of sp³-hybridized carbons (Fsp3) is 0.125. The summed E-state index contributed by atoms with van der Waals surface area (Å²) in [6, 6.07) is 14.5. The smallest absolute Gasteiger partial charge is 0.264 e. The lowest BCUT2D eigenvalue weighted by Gasteiger charge is -2.11. The Hall–Kier alpha value is -2.11. The number of rotatable bonds is 4. The van der Waals surface area contributed by atoms with Crippen LogP contribution in [0.15, 0.2) is 48.5 Å². The molecule has 0 saturated carbocycles. The quantitative estimate of drug-likeness (QED) is 0.840. The largest absolute Gasteiger partial charge is 0.483 e. The van der Waals surface area contributed by atoms with Crippen LogP contribution < -0.4 is 15.4 Å². The van der Waals surface area contributed by atoms with E-state index in [1.165, 1.54) is 0 Å². The zero-order valence-electron chi connectivity index (χ0n) is 11.9. The summed E-state index contributed by atoms with van der Waals surface area (Å²) in [6.45, 7) is 1.81. The van der Waals surface area contributed by atoms with Gasteiger partial charge in [0.15, 0.2) is 11.7 Å². The molecule has 0 saturated heterocycles. The van der Waals surface area contributed by atoms with Crippen molar-refractivity contribution in [2.24, 2.45) is 0 Å². The Bertz CT molecular complexity index is 674. The Morgan fingerprint density at radius 3 is 2.55 bits per heavy atom. The molecule has 1 amide bonds. The average Bonchev–Trinajstić information content (AvgIpc) is 2.49. The maximum atomic E-state index is 11.8. The number of thiocarbonyl (C=S) groups is 1. The molecule has 0 fully saturated rings. The van der Waals surface area contributed by atoms with Crippen LogP contribution in [-0.2, 0) is 4.79 Å². The highest BCUT2D eigenvalue weighted by Gasteiger charge is 2.07. The van der Waals surface area contributed by atoms with E-state index in [1.807, 2.05) is 31.2 Å². The minimum Gasteiger partial charge on any atom is -0.483 e. The van der Waals surface area contributed by atoms with Crippen molar-refractivity contribution in [1.29, 1.82) is 0 Å². The first-order valence-electron chi connectivity index (χ1n) is 6.59. The SMILES string of the molecule is Cc1ccccc1OCC(=O)NC(=S)Nc1ccc(Cl)cc1. The number of ether oxygens (including phenoxy) is 1. The average molecular weight is 335 g/mol. The highest BCUT2D eigenvalue weighted by Crippen LogP contribution is 2.16. The minimum atomic E-state index is -0.324. The van der Waals surface area contributed by atoms with Crippen molar-refractivity contribution in [1.82, 2.24) is 5.32 Å². The minimum absolute atomic E-state index is 0.104. The van der Waals surface area contributed by atoms with E-state index in [-0.39, 0.29) is 17.6 Å². The summed E-state index contributed by atoms with van der Waals surface area (Å²) in [7, 11) is 0. The van der Waals surface area contributed by atoms with Gasteiger partial charge in [-0.2, -0.15) is 0 Å². The second-order valence-electron chi connectivity index (χ2n) is 4.56. The van der Waals surface area contributed by atoms with Gasteiger partial charge in [-0.1, -0.05) is 29.8 Å². The van der Waals surface area contributed by atoms with Crippen LogP contribution in [0.5, 0.6) is 5.75 Å². The predicted octanol–water partition coefficient (Wildman–Crippen LogP) is 3.54. The number of amides is 1. The summed E-state index contributed by atoms with van der Waals surface area (Å²) in [5.74, 6) is 0.351. The monoisotopic (exact) mass is 334 g/mol. The maximum absolute atomic E-state index is 11.8. The number of carbonyl (C=O) groups excluding carboxylic acids is 1. The normalized spacial score (nSPS) is 9.91. The van der Waals surface area contributed by atoms with Crippen molar-refractivity contribution in [2.45, 2.75) is 6.92 Å². The van der Waals surface area contributed by atoms with E-state index in [9.17, 15) is 4.79 Å². The van der Waals surface area contributed by atoms with E-state index in [0.29, 0.717) is 10.8 Å². The Balaban J connectivity index is 1.80. The van der Waals surface area contributed by atoms with Crippen LogP contribution >= 0.6 is 23.8 Å². The molecule has 4 nitrogen and oxygen atoms in total. The van der Waals surface area contributed by atoms with Crippen LogP contribution in [0.25, 0.3) is 0 Å². The van der Waals surface area contributed by atoms with E-state index in [2.05, 4.69) is 10.6 Å². The van der Waals surface area contributed by atoms with Gasteiger partial charge in [0.1, 0.15) is 5.75 Å². The molecule has 0 spiro atoms. The van der Waals surface area contributed by atoms with Gasteiger partial charge in [0, 0.05) is 10.7 Å². The van der Waals surface area contributed by atoms with Gasteiger partial charge in [0.25, 0.3) is 5.91 Å². The highest BCUT2D eigenvalue weighted by molar-refractivity contribution is 7.80. The van der Waals surface area contributed by atoms with Gasteiger partial charge < -0.3 is 10.1 Å². The number of para-hydroxylation sites is 1. The second kappa shape index (κ2) is 7.77. The maximum Gasteiger partial charge on any atom is 0.264 e. The first-order valence-corrected chi connectivity index (χ1v) is 7.38. The van der Waals surface area contributed by atoms with E-state index >= 15 is 0 Å². The van der Waals surface area contributed by atoms with Crippen LogP contribution in [0.1, 0.15) is 5.56 Å². The van der Waals surface area contributed by atoms with Crippen molar-refractivity contribution in [3.8, 4) is 5.75 Å². The van der Waals surface area contributed by atoms with E-state index in [4.69, 9.17) is 28.6 Å². The zero-order valence-corrected chi connectivity index (χ0v) is 13.5. The fourth-order valence-electron chi connectivity index (χ4n) is 1.72. The number of benzene rings is 2. The standard InChI is InChI=1S/C16H15ClN2O2S/c1-11-4-2-3-5-14(11)21-10-15(20)19-16(22)18-13-8-6-12(17)7-9-13/h2-9H,10H2,1H3,(H2,18,19,20,22). The molecule has 114 valence electrons. The molecule has 0 aliphatic carbocycles. The molecule has 22 heavy (non-hydrogen) atoms. The summed E-state index contributed by atoms with van der Waals surface area (Å²) in [5, 5.41) is 6.29. The lowest BCUT2D eigenvalue weighted by atomic mass is 10.2. The molecule has 2 aromatic rings. The molecule has 0 aromatic heterocycles. The lowest BCUT2D eigenvalue weighted by molar-refractivity contribution is -0.121. The lowest BCUT2D eigenvalue weighted by Crippen LogP contribution is -2.37. The third-order valence-corrected chi connectivity index (χ3v) is 3.26.